The molecule has 0 amide bonds. The normalized spacial score (nSPS) is 21.6. The van der Waals surface area contributed by atoms with Crippen molar-refractivity contribution in [3.63, 3.8) is 0 Å². The molecule has 1 aromatic carbocycles. The van der Waals surface area contributed by atoms with Crippen LogP contribution in [0.15, 0.2) is 27.8 Å². The zero-order valence-corrected chi connectivity index (χ0v) is 12.3. The molecule has 1 aliphatic heterocycles. The van der Waals surface area contributed by atoms with Crippen molar-refractivity contribution < 1.29 is 13.2 Å². The van der Waals surface area contributed by atoms with Crippen LogP contribution in [0.2, 0.25) is 0 Å². The number of nitrogens with one attached hydrogen (secondary N) is 1. The Morgan fingerprint density at radius 1 is 1.20 bits per heavy atom. The lowest BCUT2D eigenvalue weighted by molar-refractivity contribution is 0.541. The third-order valence-electron chi connectivity index (χ3n) is 3.24. The first-order chi connectivity index (χ1) is 9.54. The highest BCUT2D eigenvalue weighted by atomic mass is 32.2. The summed E-state index contributed by atoms with van der Waals surface area (Å²) >= 11 is 3.40. The van der Waals surface area contributed by atoms with E-state index in [9.17, 15) is 13.2 Å². The van der Waals surface area contributed by atoms with Crippen LogP contribution in [-0.4, -0.2) is 5.25 Å². The molecule has 0 saturated heterocycles. The Hall–Kier alpha value is -1.14. The maximum Gasteiger partial charge on any atom is 0.152 e. The van der Waals surface area contributed by atoms with E-state index in [1.807, 2.05) is 11.4 Å². The summed E-state index contributed by atoms with van der Waals surface area (Å²) in [6.45, 7) is 2.08. The van der Waals surface area contributed by atoms with Crippen LogP contribution >= 0.6 is 23.1 Å². The quantitative estimate of drug-likeness (QED) is 0.817. The Kier molecular flexibility index (Phi) is 3.69. The molecule has 2 atom stereocenters. The Morgan fingerprint density at radius 2 is 1.90 bits per heavy atom. The maximum atomic E-state index is 13.7. The summed E-state index contributed by atoms with van der Waals surface area (Å²) in [4.78, 5) is 0. The van der Waals surface area contributed by atoms with E-state index in [0.717, 1.165) is 12.0 Å². The van der Waals surface area contributed by atoms with E-state index in [2.05, 4.69) is 12.2 Å². The van der Waals surface area contributed by atoms with Crippen molar-refractivity contribution in [2.75, 3.05) is 5.32 Å². The highest BCUT2D eigenvalue weighted by molar-refractivity contribution is 8.01. The van der Waals surface area contributed by atoms with Crippen molar-refractivity contribution in [3.8, 4) is 0 Å². The third kappa shape index (κ3) is 2.54. The smallest absolute Gasteiger partial charge is 0.152 e. The fourth-order valence-electron chi connectivity index (χ4n) is 2.34. The van der Waals surface area contributed by atoms with Crippen LogP contribution in [0.5, 0.6) is 0 Å². The fraction of sp³-hybridized carbons (Fsp3) is 0.286. The van der Waals surface area contributed by atoms with Crippen molar-refractivity contribution in [2.24, 2.45) is 0 Å². The molecule has 0 spiro atoms. The second kappa shape index (κ2) is 5.33. The van der Waals surface area contributed by atoms with Gasteiger partial charge < -0.3 is 5.32 Å². The number of anilines is 1. The third-order valence-corrected chi connectivity index (χ3v) is 5.58. The van der Waals surface area contributed by atoms with Gasteiger partial charge in [-0.3, -0.25) is 0 Å². The molecule has 0 saturated carbocycles. The van der Waals surface area contributed by atoms with Crippen LogP contribution < -0.4 is 5.32 Å². The molecule has 106 valence electrons. The Balaban J connectivity index is 1.93. The number of thiophene rings is 1. The first kappa shape index (κ1) is 13.8. The summed E-state index contributed by atoms with van der Waals surface area (Å²) in [6, 6.07) is 3.21. The molecule has 1 aliphatic rings. The zero-order chi connectivity index (χ0) is 14.3. The molecular weight excluding hydrogens is 303 g/mol. The molecule has 1 aromatic heterocycles. The average molecular weight is 315 g/mol. The monoisotopic (exact) mass is 315 g/mol. The summed E-state index contributed by atoms with van der Waals surface area (Å²) in [6.07, 6.45) is 0.769. The van der Waals surface area contributed by atoms with Gasteiger partial charge in [0.25, 0.3) is 0 Å². The van der Waals surface area contributed by atoms with Crippen LogP contribution in [0.4, 0.5) is 18.9 Å². The van der Waals surface area contributed by atoms with E-state index in [1.165, 1.54) is 4.21 Å². The second-order valence-corrected chi connectivity index (χ2v) is 7.39. The molecule has 2 heterocycles. The van der Waals surface area contributed by atoms with Crippen LogP contribution in [0, 0.1) is 17.5 Å². The topological polar surface area (TPSA) is 12.0 Å². The lowest BCUT2D eigenvalue weighted by Crippen LogP contribution is -2.20. The number of fused-ring (bicyclic) bond motifs is 1. The fourth-order valence-corrected chi connectivity index (χ4v) is 4.91. The van der Waals surface area contributed by atoms with Crippen molar-refractivity contribution in [1.82, 2.24) is 0 Å². The van der Waals surface area contributed by atoms with Crippen LogP contribution in [0.3, 0.4) is 0 Å². The summed E-state index contributed by atoms with van der Waals surface area (Å²) in [5, 5.41) is 5.23. The first-order valence-corrected chi connectivity index (χ1v) is 7.95. The van der Waals surface area contributed by atoms with Gasteiger partial charge in [0, 0.05) is 17.4 Å². The van der Waals surface area contributed by atoms with Gasteiger partial charge in [0.15, 0.2) is 11.6 Å². The molecule has 1 nitrogen and oxygen atoms in total. The largest absolute Gasteiger partial charge is 0.373 e. The standard InChI is InChI=1S/C14H12F3NS2/c1-7-4-12(9-2-3-19-14(9)20-7)18-13-10(16)5-8(15)6-11(13)17/h2-3,5-7,12,18H,4H2,1H3/t7-,12?/m0/s1. The van der Waals surface area contributed by atoms with Gasteiger partial charge in [-0.1, -0.05) is 6.92 Å². The van der Waals surface area contributed by atoms with Crippen molar-refractivity contribution in [2.45, 2.75) is 28.8 Å². The van der Waals surface area contributed by atoms with Gasteiger partial charge in [0.2, 0.25) is 0 Å². The van der Waals surface area contributed by atoms with Gasteiger partial charge in [-0.05, 0) is 23.4 Å². The van der Waals surface area contributed by atoms with Gasteiger partial charge in [0.1, 0.15) is 11.5 Å². The highest BCUT2D eigenvalue weighted by Crippen LogP contribution is 2.45. The number of hydrogen-bond donors (Lipinski definition) is 1. The van der Waals surface area contributed by atoms with Gasteiger partial charge in [-0.25, -0.2) is 13.2 Å². The maximum absolute atomic E-state index is 13.7. The number of hydrogen-bond acceptors (Lipinski definition) is 3. The SMILES string of the molecule is C[C@H]1CC(Nc2c(F)cc(F)cc2F)c2ccsc2S1. The van der Waals surface area contributed by atoms with Gasteiger partial charge in [-0.2, -0.15) is 0 Å². The van der Waals surface area contributed by atoms with Gasteiger partial charge in [0.05, 0.1) is 10.3 Å². The van der Waals surface area contributed by atoms with E-state index < -0.39 is 17.5 Å². The number of benzene rings is 1. The summed E-state index contributed by atoms with van der Waals surface area (Å²) < 4.78 is 41.5. The van der Waals surface area contributed by atoms with Crippen LogP contribution in [-0.2, 0) is 0 Å². The molecule has 6 heteroatoms. The predicted molar refractivity (Wildman–Crippen MR) is 76.9 cm³/mol. The molecule has 0 radical (unpaired) electrons. The van der Waals surface area contributed by atoms with Crippen molar-refractivity contribution >= 4 is 28.8 Å². The van der Waals surface area contributed by atoms with E-state index in [4.69, 9.17) is 0 Å². The van der Waals surface area contributed by atoms with E-state index in [1.54, 1.807) is 23.1 Å². The van der Waals surface area contributed by atoms with Crippen molar-refractivity contribution in [1.29, 1.82) is 0 Å². The summed E-state index contributed by atoms with van der Waals surface area (Å²) in [5.41, 5.74) is 0.800. The van der Waals surface area contributed by atoms with E-state index in [-0.39, 0.29) is 11.7 Å². The minimum Gasteiger partial charge on any atom is -0.373 e. The van der Waals surface area contributed by atoms with E-state index >= 15 is 0 Å². The average Bonchev–Trinajstić information content (AvgIpc) is 2.81. The molecule has 1 unspecified atom stereocenters. The molecular formula is C14H12F3NS2. The molecule has 3 rings (SSSR count). The molecule has 20 heavy (non-hydrogen) atoms. The highest BCUT2D eigenvalue weighted by Gasteiger charge is 2.27. The summed E-state index contributed by atoms with van der Waals surface area (Å²) in [5.74, 6) is -2.70. The van der Waals surface area contributed by atoms with Crippen molar-refractivity contribution in [3.05, 3.63) is 46.6 Å². The number of halogens is 3. The first-order valence-electron chi connectivity index (χ1n) is 6.19. The van der Waals surface area contributed by atoms with Crippen LogP contribution in [0.25, 0.3) is 0 Å². The molecule has 0 bridgehead atoms. The van der Waals surface area contributed by atoms with E-state index in [0.29, 0.717) is 17.4 Å². The van der Waals surface area contributed by atoms with Gasteiger partial charge >= 0.3 is 0 Å². The second-order valence-electron chi connectivity index (χ2n) is 4.77. The number of rotatable bonds is 2. The molecule has 0 fully saturated rings. The number of thioether (sulfide) groups is 1. The Bertz CT molecular complexity index is 618. The summed E-state index contributed by atoms with van der Waals surface area (Å²) in [7, 11) is 0. The minimum absolute atomic E-state index is 0.151. The lowest BCUT2D eigenvalue weighted by Gasteiger charge is -2.28. The molecule has 1 N–H and O–H groups in total. The Labute approximate surface area is 123 Å². The van der Waals surface area contributed by atoms with Crippen LogP contribution in [0.1, 0.15) is 24.9 Å². The van der Waals surface area contributed by atoms with Gasteiger partial charge in [-0.15, -0.1) is 23.1 Å². The minimum atomic E-state index is -0.908. The molecule has 2 aromatic rings. The predicted octanol–water partition coefficient (Wildman–Crippen LogP) is 5.20. The molecule has 0 aliphatic carbocycles. The Morgan fingerprint density at radius 3 is 2.60 bits per heavy atom. The lowest BCUT2D eigenvalue weighted by atomic mass is 10.0. The zero-order valence-electron chi connectivity index (χ0n) is 10.6.